The van der Waals surface area contributed by atoms with Crippen LogP contribution in [-0.2, 0) is 14.3 Å². The van der Waals surface area contributed by atoms with Gasteiger partial charge in [0.05, 0.1) is 0 Å². The molecule has 0 fully saturated rings. The second kappa shape index (κ2) is 4.53. The number of rotatable bonds is 3. The highest BCUT2D eigenvalue weighted by atomic mass is 79.9. The molecule has 2 rings (SSSR count). The topological polar surface area (TPSA) is 47.6 Å². The Bertz CT molecular complexity index is 418. The number of hydrogen-bond acceptors (Lipinski definition) is 3. The predicted octanol–water partition coefficient (Wildman–Crippen LogP) is 2.10. The molecule has 1 atom stereocenters. The summed E-state index contributed by atoms with van der Waals surface area (Å²) < 4.78 is 11.2. The van der Waals surface area contributed by atoms with Crippen molar-refractivity contribution in [3.8, 4) is 0 Å². The summed E-state index contributed by atoms with van der Waals surface area (Å²) >= 11 is 3.44. The van der Waals surface area contributed by atoms with Crippen LogP contribution in [0.5, 0.6) is 0 Å². The number of nitrogens with one attached hydrogen (secondary N) is 1. The molecule has 86 valence electrons. The Morgan fingerprint density at radius 1 is 1.38 bits per heavy atom. The largest absolute Gasteiger partial charge is 0.355 e. The highest BCUT2D eigenvalue weighted by Gasteiger charge is 2.38. The van der Waals surface area contributed by atoms with Crippen molar-refractivity contribution in [1.82, 2.24) is 0 Å². The minimum absolute atomic E-state index is 0.101. The summed E-state index contributed by atoms with van der Waals surface area (Å²) in [6.07, 6.45) is -0.569. The first-order valence-electron chi connectivity index (χ1n) is 4.84. The monoisotopic (exact) mass is 285 g/mol. The van der Waals surface area contributed by atoms with E-state index >= 15 is 0 Å². The second-order valence-electron chi connectivity index (χ2n) is 3.51. The molecule has 0 aromatic heterocycles. The SMILES string of the molecule is COC(OC)C1C(=O)Nc2cccc(Br)c21. The average molecular weight is 286 g/mol. The second-order valence-corrected chi connectivity index (χ2v) is 4.36. The van der Waals surface area contributed by atoms with Crippen LogP contribution in [0.15, 0.2) is 22.7 Å². The van der Waals surface area contributed by atoms with Gasteiger partial charge in [0, 0.05) is 29.9 Å². The van der Waals surface area contributed by atoms with E-state index in [9.17, 15) is 4.79 Å². The van der Waals surface area contributed by atoms with Gasteiger partial charge in [-0.25, -0.2) is 0 Å². The standard InChI is InChI=1S/C11H12BrNO3/c1-15-11(16-2)9-8-6(12)4-3-5-7(8)13-10(9)14/h3-5,9,11H,1-2H3,(H,13,14). The van der Waals surface area contributed by atoms with Gasteiger partial charge in [-0.2, -0.15) is 0 Å². The molecular weight excluding hydrogens is 274 g/mol. The van der Waals surface area contributed by atoms with Crippen molar-refractivity contribution in [3.05, 3.63) is 28.2 Å². The summed E-state index contributed by atoms with van der Waals surface area (Å²) in [5.74, 6) is -0.531. The van der Waals surface area contributed by atoms with Crippen molar-refractivity contribution in [2.24, 2.45) is 0 Å². The number of benzene rings is 1. The van der Waals surface area contributed by atoms with E-state index in [-0.39, 0.29) is 5.91 Å². The molecule has 0 radical (unpaired) electrons. The van der Waals surface area contributed by atoms with E-state index in [1.54, 1.807) is 0 Å². The first kappa shape index (κ1) is 11.6. The fourth-order valence-corrected chi connectivity index (χ4v) is 2.54. The molecule has 1 aromatic carbocycles. The molecule has 1 N–H and O–H groups in total. The van der Waals surface area contributed by atoms with Crippen molar-refractivity contribution >= 4 is 27.5 Å². The third-order valence-corrected chi connectivity index (χ3v) is 3.33. The van der Waals surface area contributed by atoms with Gasteiger partial charge in [0.15, 0.2) is 6.29 Å². The van der Waals surface area contributed by atoms with Crippen LogP contribution >= 0.6 is 15.9 Å². The summed E-state index contributed by atoms with van der Waals surface area (Å²) in [6, 6.07) is 5.63. The Labute approximate surface area is 102 Å². The number of fused-ring (bicyclic) bond motifs is 1. The zero-order chi connectivity index (χ0) is 11.7. The summed E-state index contributed by atoms with van der Waals surface area (Å²) in [6.45, 7) is 0. The van der Waals surface area contributed by atoms with Crippen LogP contribution in [0.2, 0.25) is 0 Å². The average Bonchev–Trinajstić information content (AvgIpc) is 2.59. The number of ether oxygens (including phenoxy) is 2. The van der Waals surface area contributed by atoms with Crippen LogP contribution in [0, 0.1) is 0 Å². The van der Waals surface area contributed by atoms with Crippen LogP contribution in [0.3, 0.4) is 0 Å². The zero-order valence-corrected chi connectivity index (χ0v) is 10.6. The molecule has 0 saturated heterocycles. The number of halogens is 1. The molecule has 1 heterocycles. The molecule has 5 heteroatoms. The summed E-state index contributed by atoms with van der Waals surface area (Å²) in [7, 11) is 3.05. The molecule has 1 aliphatic rings. The van der Waals surface area contributed by atoms with Gasteiger partial charge in [-0.05, 0) is 12.1 Å². The minimum atomic E-state index is -0.569. The molecule has 0 aliphatic carbocycles. The van der Waals surface area contributed by atoms with Crippen molar-refractivity contribution in [3.63, 3.8) is 0 Å². The molecule has 0 spiro atoms. The maximum Gasteiger partial charge on any atom is 0.237 e. The summed E-state index contributed by atoms with van der Waals surface area (Å²) in [5, 5.41) is 2.81. The molecule has 4 nitrogen and oxygen atoms in total. The predicted molar refractivity (Wildman–Crippen MR) is 63.3 cm³/mol. The van der Waals surface area contributed by atoms with E-state index in [4.69, 9.17) is 9.47 Å². The lowest BCUT2D eigenvalue weighted by atomic mass is 10.0. The van der Waals surface area contributed by atoms with E-state index in [1.807, 2.05) is 18.2 Å². The number of anilines is 1. The normalized spacial score (nSPS) is 18.8. The van der Waals surface area contributed by atoms with Crippen LogP contribution < -0.4 is 5.32 Å². The maximum atomic E-state index is 11.9. The summed E-state index contributed by atoms with van der Waals surface area (Å²) in [5.41, 5.74) is 1.70. The van der Waals surface area contributed by atoms with Crippen LogP contribution in [0.4, 0.5) is 5.69 Å². The fraction of sp³-hybridized carbons (Fsp3) is 0.364. The van der Waals surface area contributed by atoms with Gasteiger partial charge >= 0.3 is 0 Å². The summed E-state index contributed by atoms with van der Waals surface area (Å²) in [4.78, 5) is 11.9. The Hall–Kier alpha value is -0.910. The quantitative estimate of drug-likeness (QED) is 0.866. The van der Waals surface area contributed by atoms with Gasteiger partial charge in [-0.15, -0.1) is 0 Å². The van der Waals surface area contributed by atoms with Gasteiger partial charge in [0.2, 0.25) is 5.91 Å². The number of carbonyl (C=O) groups is 1. The maximum absolute atomic E-state index is 11.9. The fourth-order valence-electron chi connectivity index (χ4n) is 1.93. The number of hydrogen-bond donors (Lipinski definition) is 1. The van der Waals surface area contributed by atoms with E-state index in [1.165, 1.54) is 14.2 Å². The highest BCUT2D eigenvalue weighted by Crippen LogP contribution is 2.40. The van der Waals surface area contributed by atoms with Crippen molar-refractivity contribution < 1.29 is 14.3 Å². The molecule has 0 bridgehead atoms. The lowest BCUT2D eigenvalue weighted by molar-refractivity contribution is -0.141. The Balaban J connectivity index is 2.46. The molecule has 1 amide bonds. The lowest BCUT2D eigenvalue weighted by Gasteiger charge is -2.19. The van der Waals surface area contributed by atoms with Gasteiger partial charge in [-0.1, -0.05) is 22.0 Å². The van der Waals surface area contributed by atoms with Crippen LogP contribution in [-0.4, -0.2) is 26.4 Å². The molecule has 0 saturated carbocycles. The van der Waals surface area contributed by atoms with E-state index in [2.05, 4.69) is 21.2 Å². The first-order valence-corrected chi connectivity index (χ1v) is 5.63. The van der Waals surface area contributed by atoms with E-state index in [0.717, 1.165) is 15.7 Å². The first-order chi connectivity index (χ1) is 7.69. The molecule has 16 heavy (non-hydrogen) atoms. The number of methoxy groups -OCH3 is 2. The third kappa shape index (κ3) is 1.75. The van der Waals surface area contributed by atoms with E-state index in [0.29, 0.717) is 0 Å². The lowest BCUT2D eigenvalue weighted by Crippen LogP contribution is -2.28. The third-order valence-electron chi connectivity index (χ3n) is 2.64. The Morgan fingerprint density at radius 2 is 2.06 bits per heavy atom. The Kier molecular flexibility index (Phi) is 3.28. The smallest absolute Gasteiger partial charge is 0.237 e. The van der Waals surface area contributed by atoms with Crippen LogP contribution in [0.1, 0.15) is 11.5 Å². The van der Waals surface area contributed by atoms with Crippen LogP contribution in [0.25, 0.3) is 0 Å². The molecule has 1 unspecified atom stereocenters. The van der Waals surface area contributed by atoms with Crippen molar-refractivity contribution in [2.75, 3.05) is 19.5 Å². The molecule has 1 aliphatic heterocycles. The number of amides is 1. The molecular formula is C11H12BrNO3. The van der Waals surface area contributed by atoms with Gasteiger partial charge in [-0.3, -0.25) is 4.79 Å². The van der Waals surface area contributed by atoms with Crippen molar-refractivity contribution in [2.45, 2.75) is 12.2 Å². The molecule has 1 aromatic rings. The minimum Gasteiger partial charge on any atom is -0.355 e. The van der Waals surface area contributed by atoms with Gasteiger partial charge < -0.3 is 14.8 Å². The van der Waals surface area contributed by atoms with Crippen molar-refractivity contribution in [1.29, 1.82) is 0 Å². The van der Waals surface area contributed by atoms with E-state index < -0.39 is 12.2 Å². The Morgan fingerprint density at radius 3 is 2.69 bits per heavy atom. The highest BCUT2D eigenvalue weighted by molar-refractivity contribution is 9.10. The van der Waals surface area contributed by atoms with Gasteiger partial charge in [0.1, 0.15) is 5.92 Å². The van der Waals surface area contributed by atoms with Gasteiger partial charge in [0.25, 0.3) is 0 Å². The number of carbonyl (C=O) groups excluding carboxylic acids is 1. The zero-order valence-electron chi connectivity index (χ0n) is 8.99.